The first-order chi connectivity index (χ1) is 12.5. The van der Waals surface area contributed by atoms with Crippen LogP contribution in [0.3, 0.4) is 0 Å². The normalized spacial score (nSPS) is 10.3. The van der Waals surface area contributed by atoms with E-state index in [1.807, 2.05) is 32.0 Å². The minimum Gasteiger partial charge on any atom is -0.484 e. The van der Waals surface area contributed by atoms with Gasteiger partial charge < -0.3 is 20.1 Å². The van der Waals surface area contributed by atoms with Gasteiger partial charge in [-0.25, -0.2) is 0 Å². The highest BCUT2D eigenvalue weighted by atomic mass is 16.5. The number of aryl methyl sites for hydroxylation is 2. The molecule has 0 fully saturated rings. The van der Waals surface area contributed by atoms with Gasteiger partial charge in [-0.2, -0.15) is 0 Å². The molecule has 0 aliphatic heterocycles. The van der Waals surface area contributed by atoms with Crippen LogP contribution in [0.1, 0.15) is 21.5 Å². The first-order valence-electron chi connectivity index (χ1n) is 8.36. The molecule has 0 spiro atoms. The van der Waals surface area contributed by atoms with E-state index in [1.54, 1.807) is 31.4 Å². The summed E-state index contributed by atoms with van der Waals surface area (Å²) >= 11 is 0. The maximum atomic E-state index is 12.0. The number of hydrogen-bond acceptors (Lipinski definition) is 4. The third-order valence-corrected chi connectivity index (χ3v) is 3.87. The maximum Gasteiger partial charge on any atom is 0.262 e. The van der Waals surface area contributed by atoms with Crippen LogP contribution < -0.4 is 15.4 Å². The van der Waals surface area contributed by atoms with Gasteiger partial charge in [0.05, 0.1) is 6.61 Å². The second-order valence-corrected chi connectivity index (χ2v) is 5.91. The summed E-state index contributed by atoms with van der Waals surface area (Å²) in [6.45, 7) is 4.84. The Morgan fingerprint density at radius 3 is 2.38 bits per heavy atom. The quantitative estimate of drug-likeness (QED) is 0.713. The average Bonchev–Trinajstić information content (AvgIpc) is 2.63. The van der Waals surface area contributed by atoms with E-state index in [0.717, 1.165) is 5.56 Å². The first kappa shape index (κ1) is 19.5. The Kier molecular flexibility index (Phi) is 7.17. The predicted molar refractivity (Wildman–Crippen MR) is 101 cm³/mol. The van der Waals surface area contributed by atoms with Crippen molar-refractivity contribution in [3.8, 4) is 5.75 Å². The fraction of sp³-hybridized carbons (Fsp3) is 0.300. The van der Waals surface area contributed by atoms with Gasteiger partial charge in [0.2, 0.25) is 0 Å². The number of amides is 2. The number of carbonyl (C=O) groups is 2. The summed E-state index contributed by atoms with van der Waals surface area (Å²) in [6.07, 6.45) is 0. The molecule has 0 saturated heterocycles. The molecule has 0 aromatic heterocycles. The summed E-state index contributed by atoms with van der Waals surface area (Å²) < 4.78 is 10.4. The average molecular weight is 356 g/mol. The first-order valence-corrected chi connectivity index (χ1v) is 8.36. The number of carbonyl (C=O) groups excluding carboxylic acids is 2. The summed E-state index contributed by atoms with van der Waals surface area (Å²) in [7, 11) is 1.58. The molecule has 0 atom stereocenters. The number of anilines is 1. The van der Waals surface area contributed by atoms with Crippen molar-refractivity contribution in [1.29, 1.82) is 0 Å². The molecular weight excluding hydrogens is 332 g/mol. The molecule has 6 heteroatoms. The van der Waals surface area contributed by atoms with Crippen LogP contribution in [0.5, 0.6) is 5.75 Å². The number of hydrogen-bond donors (Lipinski definition) is 2. The molecule has 2 aromatic carbocycles. The zero-order valence-electron chi connectivity index (χ0n) is 15.3. The lowest BCUT2D eigenvalue weighted by molar-refractivity contribution is -0.118. The molecule has 0 unspecified atom stereocenters. The molecular formula is C20H24N2O4. The Morgan fingerprint density at radius 1 is 1.00 bits per heavy atom. The highest BCUT2D eigenvalue weighted by molar-refractivity contribution is 5.96. The molecule has 0 radical (unpaired) electrons. The lowest BCUT2D eigenvalue weighted by Crippen LogP contribution is -2.26. The fourth-order valence-corrected chi connectivity index (χ4v) is 2.22. The van der Waals surface area contributed by atoms with E-state index in [1.165, 1.54) is 5.56 Å². The molecule has 0 bridgehead atoms. The monoisotopic (exact) mass is 356 g/mol. The van der Waals surface area contributed by atoms with E-state index in [0.29, 0.717) is 30.2 Å². The molecule has 2 N–H and O–H groups in total. The highest BCUT2D eigenvalue weighted by Crippen LogP contribution is 2.16. The van der Waals surface area contributed by atoms with Gasteiger partial charge in [0, 0.05) is 24.9 Å². The number of ether oxygens (including phenoxy) is 2. The van der Waals surface area contributed by atoms with E-state index in [9.17, 15) is 9.59 Å². The van der Waals surface area contributed by atoms with Crippen molar-refractivity contribution in [2.45, 2.75) is 13.8 Å². The van der Waals surface area contributed by atoms with Crippen LogP contribution in [0.25, 0.3) is 0 Å². The van der Waals surface area contributed by atoms with Crippen molar-refractivity contribution in [2.24, 2.45) is 0 Å². The van der Waals surface area contributed by atoms with Gasteiger partial charge in [0.25, 0.3) is 11.8 Å². The zero-order valence-corrected chi connectivity index (χ0v) is 15.3. The van der Waals surface area contributed by atoms with E-state index >= 15 is 0 Å². The SMILES string of the molecule is COCCNC(=O)c1ccc(NC(=O)COc2ccc(C)c(C)c2)cc1. The summed E-state index contributed by atoms with van der Waals surface area (Å²) in [5.74, 6) is 0.213. The number of nitrogens with one attached hydrogen (secondary N) is 2. The summed E-state index contributed by atoms with van der Waals surface area (Å²) in [5.41, 5.74) is 3.41. The molecule has 0 saturated carbocycles. The number of methoxy groups -OCH3 is 1. The van der Waals surface area contributed by atoms with Crippen molar-refractivity contribution < 1.29 is 19.1 Å². The smallest absolute Gasteiger partial charge is 0.262 e. The van der Waals surface area contributed by atoms with Crippen molar-refractivity contribution in [3.63, 3.8) is 0 Å². The topological polar surface area (TPSA) is 76.7 Å². The molecule has 2 rings (SSSR count). The molecule has 6 nitrogen and oxygen atoms in total. The summed E-state index contributed by atoms with van der Waals surface area (Å²) in [4.78, 5) is 23.9. The minimum atomic E-state index is -0.263. The maximum absolute atomic E-state index is 12.0. The second-order valence-electron chi connectivity index (χ2n) is 5.91. The van der Waals surface area contributed by atoms with Gasteiger partial charge >= 0.3 is 0 Å². The molecule has 2 amide bonds. The van der Waals surface area contributed by atoms with Gasteiger partial charge in [-0.15, -0.1) is 0 Å². The lowest BCUT2D eigenvalue weighted by atomic mass is 10.1. The number of rotatable bonds is 8. The highest BCUT2D eigenvalue weighted by Gasteiger charge is 2.07. The Balaban J connectivity index is 1.83. The van der Waals surface area contributed by atoms with Crippen molar-refractivity contribution in [2.75, 3.05) is 32.2 Å². The summed E-state index contributed by atoms with van der Waals surface area (Å²) in [5, 5.41) is 5.48. The van der Waals surface area contributed by atoms with Crippen LogP contribution in [0.4, 0.5) is 5.69 Å². The molecule has 0 heterocycles. The second kappa shape index (κ2) is 9.58. The molecule has 0 aliphatic rings. The fourth-order valence-electron chi connectivity index (χ4n) is 2.22. The standard InChI is InChI=1S/C20H24N2O4/c1-14-4-9-18(12-15(14)2)26-13-19(23)22-17-7-5-16(6-8-17)20(24)21-10-11-25-3/h4-9,12H,10-11,13H2,1-3H3,(H,21,24)(H,22,23). The van der Waals surface area contributed by atoms with Gasteiger partial charge in [0.1, 0.15) is 5.75 Å². The Bertz CT molecular complexity index is 757. The van der Waals surface area contributed by atoms with E-state index < -0.39 is 0 Å². The van der Waals surface area contributed by atoms with Gasteiger partial charge in [-0.1, -0.05) is 6.07 Å². The molecule has 0 aliphatic carbocycles. The van der Waals surface area contributed by atoms with E-state index in [-0.39, 0.29) is 18.4 Å². The Morgan fingerprint density at radius 2 is 1.73 bits per heavy atom. The molecule has 2 aromatic rings. The Hall–Kier alpha value is -2.86. The van der Waals surface area contributed by atoms with E-state index in [2.05, 4.69) is 10.6 Å². The Labute approximate surface area is 153 Å². The van der Waals surface area contributed by atoms with Gasteiger partial charge in [-0.3, -0.25) is 9.59 Å². The van der Waals surface area contributed by atoms with Crippen LogP contribution in [0.15, 0.2) is 42.5 Å². The van der Waals surface area contributed by atoms with Crippen LogP contribution in [0.2, 0.25) is 0 Å². The largest absolute Gasteiger partial charge is 0.484 e. The van der Waals surface area contributed by atoms with Crippen LogP contribution in [-0.4, -0.2) is 38.7 Å². The van der Waals surface area contributed by atoms with Crippen molar-refractivity contribution >= 4 is 17.5 Å². The summed E-state index contributed by atoms with van der Waals surface area (Å²) in [6, 6.07) is 12.4. The van der Waals surface area contributed by atoms with Crippen LogP contribution >= 0.6 is 0 Å². The van der Waals surface area contributed by atoms with Crippen LogP contribution in [0, 0.1) is 13.8 Å². The molecule has 138 valence electrons. The predicted octanol–water partition coefficient (Wildman–Crippen LogP) is 2.70. The third kappa shape index (κ3) is 5.89. The van der Waals surface area contributed by atoms with Crippen LogP contribution in [-0.2, 0) is 9.53 Å². The van der Waals surface area contributed by atoms with E-state index in [4.69, 9.17) is 9.47 Å². The molecule has 26 heavy (non-hydrogen) atoms. The lowest BCUT2D eigenvalue weighted by Gasteiger charge is -2.10. The van der Waals surface area contributed by atoms with Crippen molar-refractivity contribution in [1.82, 2.24) is 5.32 Å². The van der Waals surface area contributed by atoms with Crippen molar-refractivity contribution in [3.05, 3.63) is 59.2 Å². The third-order valence-electron chi connectivity index (χ3n) is 3.87. The minimum absolute atomic E-state index is 0.0816. The van der Waals surface area contributed by atoms with Gasteiger partial charge in [0.15, 0.2) is 6.61 Å². The van der Waals surface area contributed by atoms with Gasteiger partial charge in [-0.05, 0) is 61.4 Å². The zero-order chi connectivity index (χ0) is 18.9. The number of benzene rings is 2.